The van der Waals surface area contributed by atoms with Crippen LogP contribution in [0.2, 0.25) is 0 Å². The van der Waals surface area contributed by atoms with Crippen molar-refractivity contribution in [3.8, 4) is 0 Å². The molecule has 21 heavy (non-hydrogen) atoms. The molecule has 0 spiro atoms. The molecule has 2 amide bonds. The number of carbonyl (C=O) groups excluding carboxylic acids is 2. The van der Waals surface area contributed by atoms with Crippen LogP contribution in [-0.4, -0.2) is 33.7 Å². The Balaban J connectivity index is -0.00000162. The molecule has 0 fully saturated rings. The number of amidine groups is 2. The SMILES string of the molecule is CC(=O)N=C(N)SCCCCCSC(N)=NC(C)=O.Cl.Cl. The molecule has 0 bridgehead atoms. The number of hydrogen-bond acceptors (Lipinski definition) is 4. The van der Waals surface area contributed by atoms with Gasteiger partial charge in [-0.1, -0.05) is 29.9 Å². The van der Waals surface area contributed by atoms with Crippen LogP contribution in [0.25, 0.3) is 0 Å². The van der Waals surface area contributed by atoms with E-state index in [1.165, 1.54) is 37.4 Å². The van der Waals surface area contributed by atoms with Crippen molar-refractivity contribution >= 4 is 70.5 Å². The first-order chi connectivity index (χ1) is 8.91. The molecule has 0 aliphatic rings. The fourth-order valence-corrected chi connectivity index (χ4v) is 2.61. The van der Waals surface area contributed by atoms with E-state index in [1.807, 2.05) is 0 Å². The number of nitrogens with two attached hydrogens (primary N) is 2. The van der Waals surface area contributed by atoms with Crippen LogP contribution in [0, 0.1) is 0 Å². The molecule has 0 aromatic rings. The lowest BCUT2D eigenvalue weighted by Gasteiger charge is -2.01. The summed E-state index contributed by atoms with van der Waals surface area (Å²) in [7, 11) is 0. The largest absolute Gasteiger partial charge is 0.378 e. The molecule has 10 heteroatoms. The van der Waals surface area contributed by atoms with Crippen molar-refractivity contribution in [2.75, 3.05) is 11.5 Å². The second-order valence-corrected chi connectivity index (χ2v) is 5.93. The molecule has 6 nitrogen and oxygen atoms in total. The number of nitrogens with zero attached hydrogens (tertiary/aromatic N) is 2. The van der Waals surface area contributed by atoms with Crippen LogP contribution in [0.15, 0.2) is 9.98 Å². The van der Waals surface area contributed by atoms with Gasteiger partial charge in [0.25, 0.3) is 0 Å². The average Bonchev–Trinajstić information content (AvgIpc) is 2.25. The van der Waals surface area contributed by atoms with E-state index in [0.717, 1.165) is 30.8 Å². The standard InChI is InChI=1S/C11H20N4O2S2.2ClH/c1-8(16)14-10(12)18-6-4-3-5-7-19-11(13)15-9(2)17;;/h3-7H2,1-2H3,(H2,12,14,16)(H2,13,15,17);2*1H. The minimum Gasteiger partial charge on any atom is -0.378 e. The summed E-state index contributed by atoms with van der Waals surface area (Å²) in [5.41, 5.74) is 11.1. The first-order valence-corrected chi connectivity index (χ1v) is 7.84. The van der Waals surface area contributed by atoms with Crippen molar-refractivity contribution in [2.45, 2.75) is 33.1 Å². The van der Waals surface area contributed by atoms with E-state index in [4.69, 9.17) is 11.5 Å². The number of unbranched alkanes of at least 4 members (excludes halogenated alkanes) is 2. The number of carbonyl (C=O) groups is 2. The van der Waals surface area contributed by atoms with Crippen LogP contribution in [-0.2, 0) is 9.59 Å². The Labute approximate surface area is 146 Å². The third-order valence-corrected chi connectivity index (χ3v) is 3.58. The number of aliphatic imine (C=N–C) groups is 2. The molecule has 0 aliphatic heterocycles. The highest BCUT2D eigenvalue weighted by molar-refractivity contribution is 8.14. The summed E-state index contributed by atoms with van der Waals surface area (Å²) >= 11 is 2.77. The van der Waals surface area contributed by atoms with E-state index in [-0.39, 0.29) is 36.6 Å². The number of amides is 2. The van der Waals surface area contributed by atoms with Crippen molar-refractivity contribution in [1.82, 2.24) is 0 Å². The number of hydrogen-bond donors (Lipinski definition) is 2. The third kappa shape index (κ3) is 19.6. The van der Waals surface area contributed by atoms with Crippen molar-refractivity contribution in [1.29, 1.82) is 0 Å². The summed E-state index contributed by atoms with van der Waals surface area (Å²) in [6.07, 6.45) is 3.01. The average molecular weight is 377 g/mol. The van der Waals surface area contributed by atoms with Crippen LogP contribution >= 0.6 is 48.3 Å². The first-order valence-electron chi connectivity index (χ1n) is 5.87. The van der Waals surface area contributed by atoms with E-state index in [2.05, 4.69) is 9.98 Å². The second kappa shape index (κ2) is 15.9. The zero-order chi connectivity index (χ0) is 14.7. The smallest absolute Gasteiger partial charge is 0.244 e. The molecule has 0 aliphatic carbocycles. The van der Waals surface area contributed by atoms with Gasteiger partial charge in [-0.05, 0) is 12.8 Å². The molecule has 0 saturated carbocycles. The second-order valence-electron chi connectivity index (χ2n) is 3.70. The van der Waals surface area contributed by atoms with Crippen molar-refractivity contribution < 1.29 is 9.59 Å². The molecule has 0 aromatic heterocycles. The van der Waals surface area contributed by atoms with Gasteiger partial charge in [0, 0.05) is 25.4 Å². The zero-order valence-corrected chi connectivity index (χ0v) is 15.3. The molecule has 124 valence electrons. The Morgan fingerprint density at radius 2 is 1.14 bits per heavy atom. The predicted molar refractivity (Wildman–Crippen MR) is 97.9 cm³/mol. The van der Waals surface area contributed by atoms with Crippen LogP contribution in [0.3, 0.4) is 0 Å². The molecular formula is C11H22Cl2N4O2S2. The molecule has 0 saturated heterocycles. The Hall–Kier alpha value is -0.440. The van der Waals surface area contributed by atoms with Gasteiger partial charge >= 0.3 is 0 Å². The Morgan fingerprint density at radius 1 is 0.810 bits per heavy atom. The lowest BCUT2D eigenvalue weighted by Crippen LogP contribution is -2.10. The number of rotatable bonds is 6. The van der Waals surface area contributed by atoms with Crippen LogP contribution in [0.5, 0.6) is 0 Å². The van der Waals surface area contributed by atoms with Crippen molar-refractivity contribution in [2.24, 2.45) is 21.5 Å². The lowest BCUT2D eigenvalue weighted by atomic mass is 10.3. The van der Waals surface area contributed by atoms with E-state index < -0.39 is 0 Å². The van der Waals surface area contributed by atoms with Crippen molar-refractivity contribution in [3.63, 3.8) is 0 Å². The van der Waals surface area contributed by atoms with Gasteiger partial charge in [0.2, 0.25) is 11.8 Å². The maximum atomic E-state index is 10.6. The predicted octanol–water partition coefficient (Wildman–Crippen LogP) is 2.19. The van der Waals surface area contributed by atoms with Gasteiger partial charge in [0.05, 0.1) is 0 Å². The topological polar surface area (TPSA) is 111 Å². The number of halogens is 2. The molecule has 0 radical (unpaired) electrons. The van der Waals surface area contributed by atoms with Gasteiger partial charge in [-0.2, -0.15) is 9.98 Å². The van der Waals surface area contributed by atoms with Crippen LogP contribution in [0.1, 0.15) is 33.1 Å². The third-order valence-electron chi connectivity index (χ3n) is 1.82. The summed E-state index contributed by atoms with van der Waals surface area (Å²) < 4.78 is 0. The molecule has 0 unspecified atom stereocenters. The van der Waals surface area contributed by atoms with E-state index in [0.29, 0.717) is 10.3 Å². The minimum atomic E-state index is -0.276. The summed E-state index contributed by atoms with van der Waals surface area (Å²) in [6.45, 7) is 2.75. The highest BCUT2D eigenvalue weighted by atomic mass is 35.5. The summed E-state index contributed by atoms with van der Waals surface area (Å²) in [5.74, 6) is 1.12. The van der Waals surface area contributed by atoms with Crippen LogP contribution in [0.4, 0.5) is 0 Å². The fraction of sp³-hybridized carbons (Fsp3) is 0.636. The van der Waals surface area contributed by atoms with Gasteiger partial charge < -0.3 is 11.5 Å². The van der Waals surface area contributed by atoms with E-state index in [9.17, 15) is 9.59 Å². The van der Waals surface area contributed by atoms with Gasteiger partial charge in [-0.25, -0.2) is 0 Å². The minimum absolute atomic E-state index is 0. The molecule has 0 aromatic carbocycles. The Bertz CT molecular complexity index is 345. The van der Waals surface area contributed by atoms with Crippen LogP contribution < -0.4 is 11.5 Å². The van der Waals surface area contributed by atoms with Gasteiger partial charge in [-0.15, -0.1) is 24.8 Å². The molecule has 4 N–H and O–H groups in total. The van der Waals surface area contributed by atoms with Gasteiger partial charge in [0.1, 0.15) is 0 Å². The van der Waals surface area contributed by atoms with E-state index >= 15 is 0 Å². The first kappa shape index (κ1) is 25.5. The maximum absolute atomic E-state index is 10.6. The summed E-state index contributed by atoms with van der Waals surface area (Å²) in [5, 5.41) is 0.638. The monoisotopic (exact) mass is 376 g/mol. The zero-order valence-electron chi connectivity index (χ0n) is 12.0. The van der Waals surface area contributed by atoms with E-state index in [1.54, 1.807) is 0 Å². The number of thioether (sulfide) groups is 2. The summed E-state index contributed by atoms with van der Waals surface area (Å²) in [6, 6.07) is 0. The van der Waals surface area contributed by atoms with Gasteiger partial charge in [-0.3, -0.25) is 9.59 Å². The van der Waals surface area contributed by atoms with Gasteiger partial charge in [0.15, 0.2) is 10.3 Å². The maximum Gasteiger partial charge on any atom is 0.244 e. The normalized spacial score (nSPS) is 11.3. The molecule has 0 heterocycles. The summed E-state index contributed by atoms with van der Waals surface area (Å²) in [4.78, 5) is 28.5. The molecule has 0 rings (SSSR count). The highest BCUT2D eigenvalue weighted by Crippen LogP contribution is 2.10. The Kier molecular flexibility index (Phi) is 19.4. The fourth-order valence-electron chi connectivity index (χ4n) is 1.11. The molecular weight excluding hydrogens is 355 g/mol. The molecule has 0 atom stereocenters. The van der Waals surface area contributed by atoms with Crippen molar-refractivity contribution in [3.05, 3.63) is 0 Å². The highest BCUT2D eigenvalue weighted by Gasteiger charge is 1.98. The Morgan fingerprint density at radius 3 is 1.43 bits per heavy atom. The quantitative estimate of drug-likeness (QED) is 0.417. The lowest BCUT2D eigenvalue weighted by molar-refractivity contribution is -0.116.